The molecular formula is C22H27N3O4. The van der Waals surface area contributed by atoms with Gasteiger partial charge >= 0.3 is 0 Å². The predicted molar refractivity (Wildman–Crippen MR) is 111 cm³/mol. The smallest absolute Gasteiger partial charge is 0.236 e. The van der Waals surface area contributed by atoms with Gasteiger partial charge in [-0.1, -0.05) is 12.1 Å². The first-order valence-corrected chi connectivity index (χ1v) is 9.97. The van der Waals surface area contributed by atoms with Crippen molar-refractivity contribution >= 4 is 11.6 Å². The number of amides is 1. The normalized spacial score (nSPS) is 19.1. The predicted octanol–water partition coefficient (Wildman–Crippen LogP) is 1.81. The first-order valence-electron chi connectivity index (χ1n) is 9.97. The summed E-state index contributed by atoms with van der Waals surface area (Å²) >= 11 is 0. The molecule has 154 valence electrons. The molecule has 7 nitrogen and oxygen atoms in total. The van der Waals surface area contributed by atoms with Gasteiger partial charge in [-0.2, -0.15) is 0 Å². The van der Waals surface area contributed by atoms with Gasteiger partial charge in [0.25, 0.3) is 0 Å². The zero-order valence-electron chi connectivity index (χ0n) is 16.7. The first kappa shape index (κ1) is 19.4. The van der Waals surface area contributed by atoms with Gasteiger partial charge in [0.1, 0.15) is 12.4 Å². The second-order valence-electron chi connectivity index (χ2n) is 7.55. The van der Waals surface area contributed by atoms with Crippen molar-refractivity contribution in [1.29, 1.82) is 0 Å². The van der Waals surface area contributed by atoms with Crippen molar-refractivity contribution in [3.8, 4) is 17.2 Å². The highest BCUT2D eigenvalue weighted by molar-refractivity contribution is 5.78. The number of likely N-dealkylation sites (N-methyl/N-ethyl adjacent to an activating group) is 1. The number of aromatic hydroxyl groups is 1. The highest BCUT2D eigenvalue weighted by Gasteiger charge is 2.25. The molecular weight excluding hydrogens is 370 g/mol. The molecule has 0 aliphatic carbocycles. The minimum Gasteiger partial charge on any atom is -0.508 e. The standard InChI is InChI=1S/C22H27N3O4/c1-23(14-19-16-28-20-4-2-3-5-21(20)29-19)22(27)15-24-10-12-25(13-11-24)17-6-8-18(26)9-7-17/h2-9,19,26H,10-16H2,1H3/t19-/m0/s1. The van der Waals surface area contributed by atoms with Crippen LogP contribution < -0.4 is 14.4 Å². The van der Waals surface area contributed by atoms with Crippen LogP contribution in [0.5, 0.6) is 17.2 Å². The number of hydrogen-bond donors (Lipinski definition) is 1. The first-order chi connectivity index (χ1) is 14.1. The summed E-state index contributed by atoms with van der Waals surface area (Å²) in [6.07, 6.45) is -0.162. The van der Waals surface area contributed by atoms with E-state index >= 15 is 0 Å². The van der Waals surface area contributed by atoms with E-state index in [-0.39, 0.29) is 17.8 Å². The number of carbonyl (C=O) groups is 1. The number of phenols is 1. The molecule has 0 aromatic heterocycles. The van der Waals surface area contributed by atoms with Crippen LogP contribution in [0.15, 0.2) is 48.5 Å². The molecule has 1 fully saturated rings. The molecule has 2 aliphatic rings. The number of nitrogens with zero attached hydrogens (tertiary/aromatic N) is 3. The zero-order valence-corrected chi connectivity index (χ0v) is 16.7. The van der Waals surface area contributed by atoms with Crippen molar-refractivity contribution in [2.24, 2.45) is 0 Å². The molecule has 0 spiro atoms. The van der Waals surface area contributed by atoms with E-state index in [1.807, 2.05) is 43.4 Å². The van der Waals surface area contributed by atoms with Crippen molar-refractivity contribution in [3.63, 3.8) is 0 Å². The molecule has 1 atom stereocenters. The number of carbonyl (C=O) groups excluding carboxylic acids is 1. The summed E-state index contributed by atoms with van der Waals surface area (Å²) < 4.78 is 11.7. The maximum Gasteiger partial charge on any atom is 0.236 e. The monoisotopic (exact) mass is 397 g/mol. The van der Waals surface area contributed by atoms with E-state index in [2.05, 4.69) is 9.80 Å². The van der Waals surface area contributed by atoms with Crippen LogP contribution >= 0.6 is 0 Å². The minimum atomic E-state index is -0.162. The largest absolute Gasteiger partial charge is 0.508 e. The van der Waals surface area contributed by atoms with Crippen LogP contribution in [0.25, 0.3) is 0 Å². The molecule has 0 bridgehead atoms. The fourth-order valence-electron chi connectivity index (χ4n) is 3.70. The molecule has 2 aromatic carbocycles. The minimum absolute atomic E-state index is 0.0885. The number of hydrogen-bond acceptors (Lipinski definition) is 6. The molecule has 29 heavy (non-hydrogen) atoms. The highest BCUT2D eigenvalue weighted by atomic mass is 16.6. The van der Waals surface area contributed by atoms with Crippen LogP contribution in [0.4, 0.5) is 5.69 Å². The summed E-state index contributed by atoms with van der Waals surface area (Å²) in [5.41, 5.74) is 1.10. The number of anilines is 1. The SMILES string of the molecule is CN(C[C@H]1COc2ccccc2O1)C(=O)CN1CCN(c2ccc(O)cc2)CC1. The average molecular weight is 397 g/mol. The van der Waals surface area contributed by atoms with Gasteiger partial charge < -0.3 is 24.4 Å². The van der Waals surface area contributed by atoms with Gasteiger partial charge in [-0.15, -0.1) is 0 Å². The number of benzene rings is 2. The summed E-state index contributed by atoms with van der Waals surface area (Å²) in [6, 6.07) is 14.9. The quantitative estimate of drug-likeness (QED) is 0.830. The Morgan fingerprint density at radius 1 is 1.07 bits per heavy atom. The van der Waals surface area contributed by atoms with Crippen LogP contribution in [0.1, 0.15) is 0 Å². The third kappa shape index (κ3) is 4.74. The Kier molecular flexibility index (Phi) is 5.76. The second-order valence-corrected chi connectivity index (χ2v) is 7.55. The number of fused-ring (bicyclic) bond motifs is 1. The number of para-hydroxylation sites is 2. The molecule has 4 rings (SSSR count). The maximum atomic E-state index is 12.7. The van der Waals surface area contributed by atoms with Crippen molar-refractivity contribution in [1.82, 2.24) is 9.80 Å². The molecule has 2 aliphatic heterocycles. The van der Waals surface area contributed by atoms with E-state index in [0.717, 1.165) is 43.4 Å². The van der Waals surface area contributed by atoms with Crippen LogP contribution in [0, 0.1) is 0 Å². The molecule has 2 aromatic rings. The number of ether oxygens (including phenoxy) is 2. The lowest BCUT2D eigenvalue weighted by molar-refractivity contribution is -0.132. The van der Waals surface area contributed by atoms with Gasteiger partial charge in [-0.25, -0.2) is 0 Å². The maximum absolute atomic E-state index is 12.7. The fourth-order valence-corrected chi connectivity index (χ4v) is 3.70. The second kappa shape index (κ2) is 8.61. The summed E-state index contributed by atoms with van der Waals surface area (Å²) in [5.74, 6) is 1.85. The van der Waals surface area contributed by atoms with Gasteiger partial charge in [-0.3, -0.25) is 9.69 Å². The van der Waals surface area contributed by atoms with Crippen molar-refractivity contribution in [2.75, 3.05) is 57.8 Å². The van der Waals surface area contributed by atoms with Crippen molar-refractivity contribution < 1.29 is 19.4 Å². The fraction of sp³-hybridized carbons (Fsp3) is 0.409. The Labute approximate surface area is 171 Å². The Bertz CT molecular complexity index is 834. The third-order valence-electron chi connectivity index (χ3n) is 5.42. The topological polar surface area (TPSA) is 65.5 Å². The van der Waals surface area contributed by atoms with Crippen LogP contribution in [-0.4, -0.2) is 79.8 Å². The lowest BCUT2D eigenvalue weighted by atomic mass is 10.2. The average Bonchev–Trinajstić information content (AvgIpc) is 2.75. The molecule has 2 heterocycles. The molecule has 0 saturated carbocycles. The lowest BCUT2D eigenvalue weighted by Crippen LogP contribution is -2.51. The van der Waals surface area contributed by atoms with Crippen LogP contribution in [0.2, 0.25) is 0 Å². The summed E-state index contributed by atoms with van der Waals surface area (Å²) in [6.45, 7) is 4.73. The highest BCUT2D eigenvalue weighted by Crippen LogP contribution is 2.31. The van der Waals surface area contributed by atoms with E-state index in [9.17, 15) is 9.90 Å². The van der Waals surface area contributed by atoms with E-state index in [4.69, 9.17) is 9.47 Å². The van der Waals surface area contributed by atoms with Gasteiger partial charge in [0, 0.05) is 38.9 Å². The number of piperazine rings is 1. The molecule has 1 N–H and O–H groups in total. The van der Waals surface area contributed by atoms with E-state index < -0.39 is 0 Å². The summed E-state index contributed by atoms with van der Waals surface area (Å²) in [7, 11) is 1.82. The van der Waals surface area contributed by atoms with Crippen molar-refractivity contribution in [2.45, 2.75) is 6.10 Å². The zero-order chi connectivity index (χ0) is 20.2. The molecule has 1 amide bonds. The lowest BCUT2D eigenvalue weighted by Gasteiger charge is -2.36. The summed E-state index contributed by atoms with van der Waals surface area (Å²) in [4.78, 5) is 18.9. The molecule has 7 heteroatoms. The van der Waals surface area contributed by atoms with E-state index in [1.54, 1.807) is 17.0 Å². The molecule has 0 unspecified atom stereocenters. The molecule has 0 radical (unpaired) electrons. The van der Waals surface area contributed by atoms with E-state index in [0.29, 0.717) is 19.7 Å². The Hall–Kier alpha value is -2.93. The summed E-state index contributed by atoms with van der Waals surface area (Å²) in [5, 5.41) is 9.43. The Morgan fingerprint density at radius 3 is 2.48 bits per heavy atom. The van der Waals surface area contributed by atoms with Gasteiger partial charge in [0.15, 0.2) is 17.6 Å². The van der Waals surface area contributed by atoms with Crippen molar-refractivity contribution in [3.05, 3.63) is 48.5 Å². The van der Waals surface area contributed by atoms with E-state index in [1.165, 1.54) is 0 Å². The van der Waals surface area contributed by atoms with Crippen LogP contribution in [-0.2, 0) is 4.79 Å². The Morgan fingerprint density at radius 2 is 1.76 bits per heavy atom. The third-order valence-corrected chi connectivity index (χ3v) is 5.42. The Balaban J connectivity index is 1.23. The molecule has 1 saturated heterocycles. The van der Waals surface area contributed by atoms with Gasteiger partial charge in [0.2, 0.25) is 5.91 Å². The number of phenolic OH excluding ortho intramolecular Hbond substituents is 1. The van der Waals surface area contributed by atoms with Gasteiger partial charge in [0.05, 0.1) is 13.1 Å². The van der Waals surface area contributed by atoms with Crippen LogP contribution in [0.3, 0.4) is 0 Å². The van der Waals surface area contributed by atoms with Gasteiger partial charge in [-0.05, 0) is 36.4 Å². The number of rotatable bonds is 5.